The monoisotopic (exact) mass is 407 g/mol. The summed E-state index contributed by atoms with van der Waals surface area (Å²) in [5.74, 6) is 0. The number of anilines is 1. The van der Waals surface area contributed by atoms with E-state index in [-0.39, 0.29) is 11.4 Å². The maximum Gasteiger partial charge on any atom is 0.264 e. The number of hydrogen-bond donors (Lipinski definition) is 0. The lowest BCUT2D eigenvalue weighted by atomic mass is 10.3. The molecule has 0 saturated heterocycles. The summed E-state index contributed by atoms with van der Waals surface area (Å²) in [7, 11) is -3.64. The van der Waals surface area contributed by atoms with Crippen LogP contribution in [0.2, 0.25) is 10.0 Å². The van der Waals surface area contributed by atoms with Crippen LogP contribution in [0.15, 0.2) is 51.8 Å². The molecule has 0 saturated carbocycles. The first-order valence-corrected chi connectivity index (χ1v) is 9.08. The molecule has 0 spiro atoms. The fourth-order valence-corrected chi connectivity index (χ4v) is 3.89. The van der Waals surface area contributed by atoms with Crippen LogP contribution in [0.5, 0.6) is 0 Å². The molecule has 7 heteroatoms. The van der Waals surface area contributed by atoms with Crippen molar-refractivity contribution in [1.29, 1.82) is 0 Å². The second-order valence-corrected chi connectivity index (χ2v) is 7.81. The summed E-state index contributed by atoms with van der Waals surface area (Å²) in [4.78, 5) is 0.221. The zero-order chi connectivity index (χ0) is 15.6. The van der Waals surface area contributed by atoms with Crippen molar-refractivity contribution in [1.82, 2.24) is 0 Å². The molecule has 2 aromatic carbocycles. The van der Waals surface area contributed by atoms with E-state index in [4.69, 9.17) is 23.2 Å². The van der Waals surface area contributed by atoms with Gasteiger partial charge in [-0.25, -0.2) is 8.42 Å². The molecule has 0 aliphatic rings. The van der Waals surface area contributed by atoms with Crippen LogP contribution in [0.1, 0.15) is 6.92 Å². The number of rotatable bonds is 4. The number of sulfonamides is 1. The van der Waals surface area contributed by atoms with Gasteiger partial charge in [0.15, 0.2) is 0 Å². The zero-order valence-electron chi connectivity index (χ0n) is 11.1. The maximum absolute atomic E-state index is 12.7. The van der Waals surface area contributed by atoms with Crippen LogP contribution < -0.4 is 4.31 Å². The van der Waals surface area contributed by atoms with Gasteiger partial charge in [-0.15, -0.1) is 0 Å². The molecule has 0 N–H and O–H groups in total. The molecule has 2 rings (SSSR count). The minimum Gasteiger partial charge on any atom is -0.267 e. The lowest BCUT2D eigenvalue weighted by Crippen LogP contribution is -2.30. The Labute approximate surface area is 142 Å². The van der Waals surface area contributed by atoms with Gasteiger partial charge in [-0.3, -0.25) is 4.31 Å². The highest BCUT2D eigenvalue weighted by Gasteiger charge is 2.23. The fourth-order valence-electron chi connectivity index (χ4n) is 1.87. The predicted octanol–water partition coefficient (Wildman–Crippen LogP) is 4.97. The van der Waals surface area contributed by atoms with Gasteiger partial charge in [-0.2, -0.15) is 0 Å². The van der Waals surface area contributed by atoms with Gasteiger partial charge < -0.3 is 0 Å². The van der Waals surface area contributed by atoms with Crippen LogP contribution in [-0.4, -0.2) is 15.0 Å². The van der Waals surface area contributed by atoms with E-state index in [2.05, 4.69) is 15.9 Å². The molecule has 112 valence electrons. The van der Waals surface area contributed by atoms with Crippen LogP contribution in [0.25, 0.3) is 0 Å². The molecule has 0 heterocycles. The van der Waals surface area contributed by atoms with Crippen LogP contribution in [0.3, 0.4) is 0 Å². The molecule has 0 radical (unpaired) electrons. The topological polar surface area (TPSA) is 37.4 Å². The van der Waals surface area contributed by atoms with E-state index in [0.717, 1.165) is 4.47 Å². The van der Waals surface area contributed by atoms with Crippen molar-refractivity contribution in [2.75, 3.05) is 10.8 Å². The van der Waals surface area contributed by atoms with Crippen molar-refractivity contribution >= 4 is 54.8 Å². The second-order valence-electron chi connectivity index (χ2n) is 4.22. The van der Waals surface area contributed by atoms with E-state index in [9.17, 15) is 8.42 Å². The SMILES string of the molecule is CCN(c1ccc(Cl)c(Cl)c1)S(=O)(=O)c1ccc(Br)cc1. The van der Waals surface area contributed by atoms with Crippen molar-refractivity contribution < 1.29 is 8.42 Å². The Morgan fingerprint density at radius 1 is 1.05 bits per heavy atom. The highest BCUT2D eigenvalue weighted by molar-refractivity contribution is 9.10. The third-order valence-corrected chi connectivity index (χ3v) is 6.06. The molecule has 2 aromatic rings. The first-order valence-electron chi connectivity index (χ1n) is 6.09. The molecular formula is C14H12BrCl2NO2S. The summed E-state index contributed by atoms with van der Waals surface area (Å²) in [6.07, 6.45) is 0. The lowest BCUT2D eigenvalue weighted by molar-refractivity contribution is 0.592. The van der Waals surface area contributed by atoms with Crippen LogP contribution in [-0.2, 0) is 10.0 Å². The minimum absolute atomic E-state index is 0.221. The zero-order valence-corrected chi connectivity index (χ0v) is 15.0. The number of benzene rings is 2. The van der Waals surface area contributed by atoms with Gasteiger partial charge in [0.05, 0.1) is 20.6 Å². The molecule has 0 atom stereocenters. The Morgan fingerprint density at radius 2 is 1.67 bits per heavy atom. The van der Waals surface area contributed by atoms with Gasteiger partial charge >= 0.3 is 0 Å². The van der Waals surface area contributed by atoms with Crippen molar-refractivity contribution in [3.05, 3.63) is 57.0 Å². The summed E-state index contributed by atoms with van der Waals surface area (Å²) in [5.41, 5.74) is 0.481. The van der Waals surface area contributed by atoms with Crippen molar-refractivity contribution in [2.24, 2.45) is 0 Å². The lowest BCUT2D eigenvalue weighted by Gasteiger charge is -2.23. The second kappa shape index (κ2) is 6.57. The molecule has 3 nitrogen and oxygen atoms in total. The van der Waals surface area contributed by atoms with Crippen molar-refractivity contribution in [2.45, 2.75) is 11.8 Å². The Morgan fingerprint density at radius 3 is 2.19 bits per heavy atom. The average Bonchev–Trinajstić information content (AvgIpc) is 2.44. The van der Waals surface area contributed by atoms with Gasteiger partial charge in [-0.05, 0) is 49.4 Å². The summed E-state index contributed by atoms with van der Waals surface area (Å²) in [6, 6.07) is 11.3. The van der Waals surface area contributed by atoms with Crippen LogP contribution in [0, 0.1) is 0 Å². The van der Waals surface area contributed by atoms with E-state index in [1.807, 2.05) is 0 Å². The molecule has 0 unspecified atom stereocenters. The highest BCUT2D eigenvalue weighted by Crippen LogP contribution is 2.30. The highest BCUT2D eigenvalue weighted by atomic mass is 79.9. The van der Waals surface area contributed by atoms with E-state index >= 15 is 0 Å². The Kier molecular flexibility index (Phi) is 5.20. The molecule has 0 aromatic heterocycles. The van der Waals surface area contributed by atoms with E-state index < -0.39 is 10.0 Å². The summed E-state index contributed by atoms with van der Waals surface area (Å²) >= 11 is 15.1. The molecule has 0 aliphatic heterocycles. The summed E-state index contributed by atoms with van der Waals surface area (Å²) < 4.78 is 27.5. The van der Waals surface area contributed by atoms with Crippen LogP contribution >= 0.6 is 39.1 Å². The normalized spacial score (nSPS) is 11.4. The molecule has 21 heavy (non-hydrogen) atoms. The van der Waals surface area contributed by atoms with E-state index in [0.29, 0.717) is 15.7 Å². The van der Waals surface area contributed by atoms with Gasteiger partial charge in [0.25, 0.3) is 10.0 Å². The third kappa shape index (κ3) is 3.54. The molecule has 0 amide bonds. The van der Waals surface area contributed by atoms with E-state index in [1.54, 1.807) is 49.4 Å². The first kappa shape index (κ1) is 16.6. The minimum atomic E-state index is -3.64. The van der Waals surface area contributed by atoms with Crippen molar-refractivity contribution in [3.63, 3.8) is 0 Å². The van der Waals surface area contributed by atoms with Crippen molar-refractivity contribution in [3.8, 4) is 0 Å². The van der Waals surface area contributed by atoms with Gasteiger partial charge in [0.2, 0.25) is 0 Å². The smallest absolute Gasteiger partial charge is 0.264 e. The van der Waals surface area contributed by atoms with E-state index in [1.165, 1.54) is 4.31 Å². The van der Waals surface area contributed by atoms with Crippen LogP contribution in [0.4, 0.5) is 5.69 Å². The number of nitrogens with zero attached hydrogens (tertiary/aromatic N) is 1. The largest absolute Gasteiger partial charge is 0.267 e. The fraction of sp³-hybridized carbons (Fsp3) is 0.143. The third-order valence-electron chi connectivity index (χ3n) is 2.88. The van der Waals surface area contributed by atoms with Gasteiger partial charge in [-0.1, -0.05) is 39.1 Å². The average molecular weight is 409 g/mol. The molecule has 0 fully saturated rings. The molecule has 0 aliphatic carbocycles. The van der Waals surface area contributed by atoms with Gasteiger partial charge in [0, 0.05) is 11.0 Å². The maximum atomic E-state index is 12.7. The standard InChI is InChI=1S/C14H12BrCl2NO2S/c1-2-18(11-5-8-13(16)14(17)9-11)21(19,20)12-6-3-10(15)4-7-12/h3-9H,2H2,1H3. The van der Waals surface area contributed by atoms with Gasteiger partial charge in [0.1, 0.15) is 0 Å². The Bertz CT molecular complexity index is 748. The Balaban J connectivity index is 2.48. The molecule has 0 bridgehead atoms. The number of halogens is 3. The predicted molar refractivity (Wildman–Crippen MR) is 90.8 cm³/mol. The summed E-state index contributed by atoms with van der Waals surface area (Å²) in [6.45, 7) is 2.05. The quantitative estimate of drug-likeness (QED) is 0.715. The summed E-state index contributed by atoms with van der Waals surface area (Å²) in [5, 5.41) is 0.705. The Hall–Kier alpha value is -0.750. The first-order chi connectivity index (χ1) is 9.86. The number of hydrogen-bond acceptors (Lipinski definition) is 2. The molecular weight excluding hydrogens is 397 g/mol.